The predicted molar refractivity (Wildman–Crippen MR) is 99.5 cm³/mol. The number of anilines is 1. The van der Waals surface area contributed by atoms with Crippen LogP contribution in [0.4, 0.5) is 10.5 Å². The molecule has 3 rings (SSSR count). The smallest absolute Gasteiger partial charge is 0.339 e. The highest BCUT2D eigenvalue weighted by Crippen LogP contribution is 2.25. The maximum atomic E-state index is 12.6. The van der Waals surface area contributed by atoms with Gasteiger partial charge in [0.15, 0.2) is 5.78 Å². The van der Waals surface area contributed by atoms with Crippen molar-refractivity contribution in [2.24, 2.45) is 0 Å². The first-order chi connectivity index (χ1) is 13.5. The average Bonchev–Trinajstić information content (AvgIpc) is 2.92. The largest absolute Gasteiger partial charge is 0.497 e. The molecule has 0 aliphatic carbocycles. The molecule has 0 spiro atoms. The molecule has 1 aliphatic rings. The van der Waals surface area contributed by atoms with Crippen LogP contribution in [0.1, 0.15) is 17.3 Å². The molecule has 2 aromatic rings. The van der Waals surface area contributed by atoms with Gasteiger partial charge in [-0.3, -0.25) is 14.4 Å². The van der Waals surface area contributed by atoms with Crippen LogP contribution in [0.3, 0.4) is 0 Å². The number of carbonyl (C=O) groups is 4. The fourth-order valence-corrected chi connectivity index (χ4v) is 2.74. The standard InChI is InChI=1S/C20H18N2O6/c1-3-28-16-8-4-13(5-9-16)17(23)12-21-18(24)19(25)22(20(21)26)14-6-10-15(27-2)11-7-14/h4-11H,3,12H2,1-2H3. The molecule has 0 unspecified atom stereocenters. The summed E-state index contributed by atoms with van der Waals surface area (Å²) in [5.41, 5.74) is 0.527. The molecule has 8 heteroatoms. The van der Waals surface area contributed by atoms with Crippen LogP contribution >= 0.6 is 0 Å². The highest BCUT2D eigenvalue weighted by Gasteiger charge is 2.46. The lowest BCUT2D eigenvalue weighted by Gasteiger charge is -2.15. The molecule has 1 heterocycles. The summed E-state index contributed by atoms with van der Waals surface area (Å²) in [5.74, 6) is -1.37. The topological polar surface area (TPSA) is 93.2 Å². The van der Waals surface area contributed by atoms with Crippen LogP contribution in [0.2, 0.25) is 0 Å². The summed E-state index contributed by atoms with van der Waals surface area (Å²) in [5, 5.41) is 0. The Hall–Kier alpha value is -3.68. The minimum atomic E-state index is -1.04. The van der Waals surface area contributed by atoms with E-state index in [1.54, 1.807) is 36.4 Å². The molecule has 4 amide bonds. The molecule has 8 nitrogen and oxygen atoms in total. The van der Waals surface area contributed by atoms with Crippen molar-refractivity contribution in [3.8, 4) is 11.5 Å². The Morgan fingerprint density at radius 3 is 2.07 bits per heavy atom. The zero-order valence-corrected chi connectivity index (χ0v) is 15.4. The van der Waals surface area contributed by atoms with E-state index in [4.69, 9.17) is 9.47 Å². The zero-order valence-electron chi connectivity index (χ0n) is 15.4. The molecule has 1 fully saturated rings. The second-order valence-corrected chi connectivity index (χ2v) is 5.89. The van der Waals surface area contributed by atoms with E-state index in [0.29, 0.717) is 28.6 Å². The number of Topliss-reactive ketones (excluding diaryl/α,β-unsaturated/α-hetero) is 1. The van der Waals surface area contributed by atoms with Crippen LogP contribution < -0.4 is 14.4 Å². The van der Waals surface area contributed by atoms with Crippen LogP contribution in [0, 0.1) is 0 Å². The third kappa shape index (κ3) is 3.57. The van der Waals surface area contributed by atoms with E-state index < -0.39 is 30.2 Å². The van der Waals surface area contributed by atoms with Crippen LogP contribution in [0.25, 0.3) is 0 Å². The molecule has 0 saturated carbocycles. The number of ketones is 1. The van der Waals surface area contributed by atoms with Crippen molar-refractivity contribution in [2.45, 2.75) is 6.92 Å². The molecule has 0 N–H and O–H groups in total. The number of hydrogen-bond donors (Lipinski definition) is 0. The maximum Gasteiger partial charge on any atom is 0.339 e. The van der Waals surface area contributed by atoms with Gasteiger partial charge in [-0.2, -0.15) is 0 Å². The molecule has 0 atom stereocenters. The number of benzene rings is 2. The number of ether oxygens (including phenoxy) is 2. The molecule has 2 aromatic carbocycles. The van der Waals surface area contributed by atoms with Gasteiger partial charge in [-0.15, -0.1) is 0 Å². The molecule has 0 aromatic heterocycles. The van der Waals surface area contributed by atoms with Crippen molar-refractivity contribution in [1.29, 1.82) is 0 Å². The molecular weight excluding hydrogens is 364 g/mol. The second kappa shape index (κ2) is 7.91. The summed E-state index contributed by atoms with van der Waals surface area (Å²) < 4.78 is 10.3. The Kier molecular flexibility index (Phi) is 5.39. The summed E-state index contributed by atoms with van der Waals surface area (Å²) >= 11 is 0. The molecule has 1 aliphatic heterocycles. The first kappa shape index (κ1) is 19.1. The lowest BCUT2D eigenvalue weighted by Crippen LogP contribution is -2.37. The lowest BCUT2D eigenvalue weighted by atomic mass is 10.1. The number of rotatable bonds is 7. The van der Waals surface area contributed by atoms with E-state index in [-0.39, 0.29) is 5.69 Å². The minimum Gasteiger partial charge on any atom is -0.497 e. The third-order valence-corrected chi connectivity index (χ3v) is 4.17. The summed E-state index contributed by atoms with van der Waals surface area (Å²) in [6.45, 7) is 1.81. The van der Waals surface area contributed by atoms with E-state index in [9.17, 15) is 19.2 Å². The summed E-state index contributed by atoms with van der Waals surface area (Å²) in [6.07, 6.45) is 0. The highest BCUT2D eigenvalue weighted by atomic mass is 16.5. The summed E-state index contributed by atoms with van der Waals surface area (Å²) in [7, 11) is 1.49. The normalized spacial score (nSPS) is 13.9. The molecule has 0 bridgehead atoms. The van der Waals surface area contributed by atoms with Gasteiger partial charge < -0.3 is 9.47 Å². The van der Waals surface area contributed by atoms with Crippen molar-refractivity contribution in [1.82, 2.24) is 4.90 Å². The first-order valence-corrected chi connectivity index (χ1v) is 8.56. The molecule has 1 saturated heterocycles. The van der Waals surface area contributed by atoms with Crippen LogP contribution in [-0.2, 0) is 9.59 Å². The number of imide groups is 2. The fraction of sp³-hybridized carbons (Fsp3) is 0.200. The Bertz CT molecular complexity index is 921. The Morgan fingerprint density at radius 1 is 0.893 bits per heavy atom. The molecular formula is C20H18N2O6. The number of methoxy groups -OCH3 is 1. The zero-order chi connectivity index (χ0) is 20.3. The van der Waals surface area contributed by atoms with Gasteiger partial charge in [0.2, 0.25) is 0 Å². The number of amides is 4. The van der Waals surface area contributed by atoms with Crippen molar-refractivity contribution < 1.29 is 28.7 Å². The van der Waals surface area contributed by atoms with Crippen molar-refractivity contribution in [2.75, 3.05) is 25.2 Å². The maximum absolute atomic E-state index is 12.6. The molecule has 144 valence electrons. The van der Waals surface area contributed by atoms with Crippen molar-refractivity contribution in [3.63, 3.8) is 0 Å². The van der Waals surface area contributed by atoms with E-state index in [0.717, 1.165) is 4.90 Å². The van der Waals surface area contributed by atoms with E-state index in [1.165, 1.54) is 19.2 Å². The van der Waals surface area contributed by atoms with Gasteiger partial charge in [-0.05, 0) is 55.5 Å². The second-order valence-electron chi connectivity index (χ2n) is 5.89. The SMILES string of the molecule is CCOc1ccc(C(=O)CN2C(=O)C(=O)N(c3ccc(OC)cc3)C2=O)cc1. The van der Waals surface area contributed by atoms with Gasteiger partial charge in [-0.1, -0.05) is 0 Å². The summed E-state index contributed by atoms with van der Waals surface area (Å²) in [4.78, 5) is 51.0. The monoisotopic (exact) mass is 382 g/mol. The minimum absolute atomic E-state index is 0.222. The average molecular weight is 382 g/mol. The van der Waals surface area contributed by atoms with Gasteiger partial charge in [-0.25, -0.2) is 14.6 Å². The quantitative estimate of drug-likeness (QED) is 0.414. The van der Waals surface area contributed by atoms with Gasteiger partial charge in [0.05, 0.1) is 25.9 Å². The fourth-order valence-electron chi connectivity index (χ4n) is 2.74. The van der Waals surface area contributed by atoms with Crippen molar-refractivity contribution in [3.05, 3.63) is 54.1 Å². The number of carbonyl (C=O) groups excluding carboxylic acids is 4. The number of hydrogen-bond acceptors (Lipinski definition) is 6. The molecule has 0 radical (unpaired) electrons. The Labute approximate surface area is 161 Å². The van der Waals surface area contributed by atoms with Gasteiger partial charge in [0, 0.05) is 5.56 Å². The third-order valence-electron chi connectivity index (χ3n) is 4.17. The Morgan fingerprint density at radius 2 is 1.50 bits per heavy atom. The number of nitrogens with zero attached hydrogens (tertiary/aromatic N) is 2. The highest BCUT2D eigenvalue weighted by molar-refractivity contribution is 6.53. The lowest BCUT2D eigenvalue weighted by molar-refractivity contribution is -0.139. The number of urea groups is 1. The predicted octanol–water partition coefficient (Wildman–Crippen LogP) is 2.27. The van der Waals surface area contributed by atoms with E-state index >= 15 is 0 Å². The first-order valence-electron chi connectivity index (χ1n) is 8.56. The summed E-state index contributed by atoms with van der Waals surface area (Å²) in [6, 6.07) is 11.6. The van der Waals surface area contributed by atoms with Crippen molar-refractivity contribution >= 4 is 29.3 Å². The van der Waals surface area contributed by atoms with E-state index in [1.807, 2.05) is 6.92 Å². The van der Waals surface area contributed by atoms with Gasteiger partial charge >= 0.3 is 17.8 Å². The van der Waals surface area contributed by atoms with E-state index in [2.05, 4.69) is 0 Å². The van der Waals surface area contributed by atoms with Crippen LogP contribution in [0.15, 0.2) is 48.5 Å². The Balaban J connectivity index is 1.76. The molecule has 28 heavy (non-hydrogen) atoms. The van der Waals surface area contributed by atoms with Gasteiger partial charge in [0.1, 0.15) is 11.5 Å². The van der Waals surface area contributed by atoms with Crippen LogP contribution in [-0.4, -0.2) is 48.8 Å². The van der Waals surface area contributed by atoms with Crippen LogP contribution in [0.5, 0.6) is 11.5 Å². The van der Waals surface area contributed by atoms with Gasteiger partial charge in [0.25, 0.3) is 0 Å².